The summed E-state index contributed by atoms with van der Waals surface area (Å²) in [5, 5.41) is 8.87. The SMILES string of the molecule is CC(C)C(Sc1nnc(-c2ccc(C(C)(C)C)cc2)n1N)C(=O)N1CCN(c2ncccn2)CC1. The van der Waals surface area contributed by atoms with Crippen LogP contribution in [0.5, 0.6) is 0 Å². The van der Waals surface area contributed by atoms with Crippen LogP contribution in [0.1, 0.15) is 40.2 Å². The maximum Gasteiger partial charge on any atom is 0.236 e. The number of nitrogen functional groups attached to an aromatic ring is 1. The molecule has 3 aromatic rings. The van der Waals surface area contributed by atoms with Crippen molar-refractivity contribution < 1.29 is 4.79 Å². The van der Waals surface area contributed by atoms with Crippen LogP contribution in [0.2, 0.25) is 0 Å². The second kappa shape index (κ2) is 10.2. The number of carbonyl (C=O) groups excluding carboxylic acids is 1. The first kappa shape index (κ1) is 25.0. The number of thioether (sulfide) groups is 1. The lowest BCUT2D eigenvalue weighted by atomic mass is 9.87. The summed E-state index contributed by atoms with van der Waals surface area (Å²) in [7, 11) is 0. The van der Waals surface area contributed by atoms with Gasteiger partial charge in [-0.15, -0.1) is 10.2 Å². The lowest BCUT2D eigenvalue weighted by Gasteiger charge is -2.36. The fourth-order valence-corrected chi connectivity index (χ4v) is 5.06. The van der Waals surface area contributed by atoms with Gasteiger partial charge in [0, 0.05) is 44.1 Å². The van der Waals surface area contributed by atoms with Gasteiger partial charge < -0.3 is 15.6 Å². The molecule has 1 aliphatic heterocycles. The van der Waals surface area contributed by atoms with Gasteiger partial charge in [-0.1, -0.05) is 70.6 Å². The number of aromatic nitrogens is 5. The predicted molar refractivity (Wildman–Crippen MR) is 140 cm³/mol. The maximum atomic E-state index is 13.5. The molecule has 35 heavy (non-hydrogen) atoms. The van der Waals surface area contributed by atoms with Crippen LogP contribution in [0.4, 0.5) is 5.95 Å². The first-order valence-electron chi connectivity index (χ1n) is 11.9. The first-order chi connectivity index (χ1) is 16.6. The fraction of sp³-hybridized carbons (Fsp3) is 0.480. The Morgan fingerprint density at radius 3 is 2.20 bits per heavy atom. The third-order valence-electron chi connectivity index (χ3n) is 6.18. The molecule has 9 nitrogen and oxygen atoms in total. The van der Waals surface area contributed by atoms with E-state index in [1.54, 1.807) is 18.5 Å². The standard InChI is InChI=1S/C25H34N8OS/c1-17(2)20(22(34)31-13-15-32(16-14-31)23-27-11-6-12-28-23)35-24-30-29-21(33(24)26)18-7-9-19(10-8-18)25(3,4)5/h6-12,17,20H,13-16,26H2,1-5H3. The van der Waals surface area contributed by atoms with Crippen molar-refractivity contribution in [2.24, 2.45) is 5.92 Å². The van der Waals surface area contributed by atoms with Crippen LogP contribution in [0, 0.1) is 5.92 Å². The first-order valence-corrected chi connectivity index (χ1v) is 12.8. The molecule has 1 fully saturated rings. The van der Waals surface area contributed by atoms with Crippen LogP contribution >= 0.6 is 11.8 Å². The van der Waals surface area contributed by atoms with Crippen LogP contribution in [0.25, 0.3) is 11.4 Å². The van der Waals surface area contributed by atoms with E-state index in [0.29, 0.717) is 43.1 Å². The summed E-state index contributed by atoms with van der Waals surface area (Å²) in [4.78, 5) is 26.1. The topological polar surface area (TPSA) is 106 Å². The van der Waals surface area contributed by atoms with Gasteiger partial charge in [0.2, 0.25) is 17.0 Å². The van der Waals surface area contributed by atoms with Crippen molar-refractivity contribution in [1.29, 1.82) is 0 Å². The second-order valence-corrected chi connectivity index (χ2v) is 11.3. The van der Waals surface area contributed by atoms with Crippen molar-refractivity contribution in [1.82, 2.24) is 29.7 Å². The summed E-state index contributed by atoms with van der Waals surface area (Å²) in [6.07, 6.45) is 3.48. The van der Waals surface area contributed by atoms with E-state index in [1.165, 1.54) is 22.0 Å². The quantitative estimate of drug-likeness (QED) is 0.411. The minimum absolute atomic E-state index is 0.0698. The molecule has 0 bridgehead atoms. The Morgan fingerprint density at radius 2 is 1.63 bits per heavy atom. The van der Waals surface area contributed by atoms with Gasteiger partial charge in [-0.25, -0.2) is 14.6 Å². The molecular weight excluding hydrogens is 460 g/mol. The van der Waals surface area contributed by atoms with Gasteiger partial charge in [-0.05, 0) is 23.0 Å². The molecule has 1 aliphatic rings. The van der Waals surface area contributed by atoms with Crippen LogP contribution in [0.15, 0.2) is 47.9 Å². The van der Waals surface area contributed by atoms with E-state index in [2.05, 4.69) is 58.0 Å². The van der Waals surface area contributed by atoms with Gasteiger partial charge in [0.15, 0.2) is 5.82 Å². The molecule has 0 spiro atoms. The molecule has 1 aromatic carbocycles. The van der Waals surface area contributed by atoms with E-state index in [9.17, 15) is 4.79 Å². The predicted octanol–water partition coefficient (Wildman–Crippen LogP) is 3.21. The Bertz CT molecular complexity index is 1130. The van der Waals surface area contributed by atoms with E-state index in [0.717, 1.165) is 5.56 Å². The van der Waals surface area contributed by atoms with Crippen molar-refractivity contribution in [3.05, 3.63) is 48.3 Å². The fourth-order valence-electron chi connectivity index (χ4n) is 4.02. The molecule has 1 amide bonds. The van der Waals surface area contributed by atoms with E-state index in [1.807, 2.05) is 30.9 Å². The zero-order valence-corrected chi connectivity index (χ0v) is 21.9. The minimum Gasteiger partial charge on any atom is -0.338 e. The normalized spacial score (nSPS) is 15.5. The number of benzene rings is 1. The van der Waals surface area contributed by atoms with Crippen LogP contribution in [-0.2, 0) is 10.2 Å². The van der Waals surface area contributed by atoms with E-state index < -0.39 is 0 Å². The average Bonchev–Trinajstić information content (AvgIpc) is 3.22. The largest absolute Gasteiger partial charge is 0.338 e. The lowest BCUT2D eigenvalue weighted by Crippen LogP contribution is -2.52. The van der Waals surface area contributed by atoms with Crippen molar-refractivity contribution in [2.45, 2.75) is 50.4 Å². The summed E-state index contributed by atoms with van der Waals surface area (Å²) in [6, 6.07) is 10.0. The molecule has 10 heteroatoms. The van der Waals surface area contributed by atoms with Gasteiger partial charge in [0.05, 0.1) is 5.25 Å². The smallest absolute Gasteiger partial charge is 0.236 e. The van der Waals surface area contributed by atoms with Gasteiger partial charge in [-0.3, -0.25) is 4.79 Å². The number of anilines is 1. The third kappa shape index (κ3) is 5.58. The number of piperazine rings is 1. The van der Waals surface area contributed by atoms with Crippen LogP contribution < -0.4 is 10.7 Å². The third-order valence-corrected chi connectivity index (χ3v) is 7.67. The van der Waals surface area contributed by atoms with Crippen molar-refractivity contribution in [2.75, 3.05) is 36.9 Å². The molecule has 0 aliphatic carbocycles. The highest BCUT2D eigenvalue weighted by molar-refractivity contribution is 8.00. The van der Waals surface area contributed by atoms with Crippen molar-refractivity contribution in [3.8, 4) is 11.4 Å². The van der Waals surface area contributed by atoms with Crippen LogP contribution in [0.3, 0.4) is 0 Å². The summed E-state index contributed by atoms with van der Waals surface area (Å²) < 4.78 is 1.49. The summed E-state index contributed by atoms with van der Waals surface area (Å²) >= 11 is 1.38. The number of nitrogens with two attached hydrogens (primary N) is 1. The zero-order chi connectivity index (χ0) is 25.2. The summed E-state index contributed by atoms with van der Waals surface area (Å²) in [6.45, 7) is 13.3. The highest BCUT2D eigenvalue weighted by Gasteiger charge is 2.32. The zero-order valence-electron chi connectivity index (χ0n) is 21.0. The second-order valence-electron chi connectivity index (χ2n) is 10.1. The minimum atomic E-state index is -0.308. The molecule has 3 heterocycles. The van der Waals surface area contributed by atoms with E-state index in [4.69, 9.17) is 5.84 Å². The molecular formula is C25H34N8OS. The highest BCUT2D eigenvalue weighted by Crippen LogP contribution is 2.31. The summed E-state index contributed by atoms with van der Waals surface area (Å²) in [5.74, 6) is 7.88. The van der Waals surface area contributed by atoms with Gasteiger partial charge in [0.25, 0.3) is 0 Å². The molecule has 2 N–H and O–H groups in total. The highest BCUT2D eigenvalue weighted by atomic mass is 32.2. The monoisotopic (exact) mass is 494 g/mol. The number of hydrogen-bond acceptors (Lipinski definition) is 8. The molecule has 4 rings (SSSR count). The Balaban J connectivity index is 1.44. The van der Waals surface area contributed by atoms with Crippen molar-refractivity contribution in [3.63, 3.8) is 0 Å². The van der Waals surface area contributed by atoms with Crippen molar-refractivity contribution >= 4 is 23.6 Å². The Morgan fingerprint density at radius 1 is 1.00 bits per heavy atom. The number of hydrogen-bond donors (Lipinski definition) is 1. The molecule has 2 aromatic heterocycles. The maximum absolute atomic E-state index is 13.5. The number of rotatable bonds is 6. The van der Waals surface area contributed by atoms with E-state index in [-0.39, 0.29) is 22.5 Å². The molecule has 0 radical (unpaired) electrons. The van der Waals surface area contributed by atoms with Gasteiger partial charge >= 0.3 is 0 Å². The van der Waals surface area contributed by atoms with Crippen LogP contribution in [-0.4, -0.2) is 67.1 Å². The number of carbonyl (C=O) groups is 1. The average molecular weight is 495 g/mol. The Labute approximate surface area is 211 Å². The molecule has 0 saturated carbocycles. The number of amides is 1. The molecule has 1 saturated heterocycles. The summed E-state index contributed by atoms with van der Waals surface area (Å²) in [5.41, 5.74) is 2.20. The van der Waals surface area contributed by atoms with Gasteiger partial charge in [0.1, 0.15) is 0 Å². The lowest BCUT2D eigenvalue weighted by molar-refractivity contribution is -0.131. The van der Waals surface area contributed by atoms with E-state index >= 15 is 0 Å². The molecule has 1 unspecified atom stereocenters. The van der Waals surface area contributed by atoms with Gasteiger partial charge in [-0.2, -0.15) is 0 Å². The Kier molecular flexibility index (Phi) is 7.30. The molecule has 1 atom stereocenters. The Hall–Kier alpha value is -3.14. The molecule has 186 valence electrons. The number of nitrogens with zero attached hydrogens (tertiary/aromatic N) is 7.